The molecular formula is C16H17N3O. The van der Waals surface area contributed by atoms with E-state index in [1.165, 1.54) is 5.39 Å². The molecule has 0 fully saturated rings. The molecule has 0 radical (unpaired) electrons. The molecule has 4 nitrogen and oxygen atoms in total. The van der Waals surface area contributed by atoms with Crippen molar-refractivity contribution in [3.05, 3.63) is 48.2 Å². The first-order valence-corrected chi connectivity index (χ1v) is 6.68. The molecular weight excluding hydrogens is 250 g/mol. The van der Waals surface area contributed by atoms with Gasteiger partial charge in [-0.15, -0.1) is 0 Å². The monoisotopic (exact) mass is 267 g/mol. The Hall–Kier alpha value is -2.49. The van der Waals surface area contributed by atoms with E-state index in [4.69, 9.17) is 10.5 Å². The summed E-state index contributed by atoms with van der Waals surface area (Å²) in [5.41, 5.74) is 7.42. The maximum Gasteiger partial charge on any atom is 0.241 e. The highest BCUT2D eigenvalue weighted by atomic mass is 16.5. The van der Waals surface area contributed by atoms with Gasteiger partial charge in [-0.25, -0.2) is 4.68 Å². The lowest BCUT2D eigenvalue weighted by molar-refractivity contribution is 0.419. The number of nitrogens with two attached hydrogens (primary N) is 1. The number of aromatic nitrogens is 2. The van der Waals surface area contributed by atoms with Crippen LogP contribution in [-0.4, -0.2) is 9.78 Å². The molecule has 0 aliphatic carbocycles. The van der Waals surface area contributed by atoms with Gasteiger partial charge in [-0.1, -0.05) is 30.3 Å². The summed E-state index contributed by atoms with van der Waals surface area (Å²) in [6, 6.07) is 14.2. The summed E-state index contributed by atoms with van der Waals surface area (Å²) >= 11 is 0. The third kappa shape index (κ3) is 2.09. The summed E-state index contributed by atoms with van der Waals surface area (Å²) < 4.78 is 7.71. The molecule has 4 heteroatoms. The van der Waals surface area contributed by atoms with E-state index in [0.29, 0.717) is 11.6 Å². The maximum atomic E-state index is 6.03. The van der Waals surface area contributed by atoms with E-state index in [-0.39, 0.29) is 0 Å². The van der Waals surface area contributed by atoms with Crippen LogP contribution in [-0.2, 0) is 6.54 Å². The number of fused-ring (bicyclic) bond motifs is 1. The number of nitrogen functional groups attached to an aromatic ring is 1. The highest BCUT2D eigenvalue weighted by molar-refractivity contribution is 5.83. The van der Waals surface area contributed by atoms with Crippen LogP contribution < -0.4 is 10.5 Å². The molecule has 3 aromatic rings. The zero-order chi connectivity index (χ0) is 14.1. The minimum Gasteiger partial charge on any atom is -0.437 e. The van der Waals surface area contributed by atoms with E-state index in [1.807, 2.05) is 44.2 Å². The number of hydrogen-bond acceptors (Lipinski definition) is 3. The molecule has 0 aliphatic heterocycles. The van der Waals surface area contributed by atoms with E-state index < -0.39 is 0 Å². The van der Waals surface area contributed by atoms with Crippen LogP contribution in [0.5, 0.6) is 11.6 Å². The van der Waals surface area contributed by atoms with Crippen molar-refractivity contribution in [3.63, 3.8) is 0 Å². The van der Waals surface area contributed by atoms with Gasteiger partial charge >= 0.3 is 0 Å². The average molecular weight is 267 g/mol. The lowest BCUT2D eigenvalue weighted by atomic mass is 10.1. The molecule has 0 spiro atoms. The molecule has 1 aromatic heterocycles. The van der Waals surface area contributed by atoms with Gasteiger partial charge in [0.1, 0.15) is 11.4 Å². The van der Waals surface area contributed by atoms with E-state index in [0.717, 1.165) is 23.4 Å². The number of hydrogen-bond donors (Lipinski definition) is 1. The highest BCUT2D eigenvalue weighted by Crippen LogP contribution is 2.31. The van der Waals surface area contributed by atoms with Crippen LogP contribution in [0.2, 0.25) is 0 Å². The first-order valence-electron chi connectivity index (χ1n) is 6.68. The normalized spacial score (nSPS) is 10.9. The number of nitrogens with zero attached hydrogens (tertiary/aromatic N) is 2. The van der Waals surface area contributed by atoms with Gasteiger partial charge in [-0.2, -0.15) is 5.10 Å². The molecule has 102 valence electrons. The van der Waals surface area contributed by atoms with Gasteiger partial charge in [0.25, 0.3) is 0 Å². The molecule has 0 atom stereocenters. The van der Waals surface area contributed by atoms with Crippen molar-refractivity contribution in [2.45, 2.75) is 20.4 Å². The SMILES string of the molecule is CCn1nc(C)c(N)c1Oc1ccc2ccccc2c1. The van der Waals surface area contributed by atoms with Crippen molar-refractivity contribution < 1.29 is 4.74 Å². The van der Waals surface area contributed by atoms with Gasteiger partial charge in [-0.05, 0) is 36.8 Å². The van der Waals surface area contributed by atoms with E-state index in [2.05, 4.69) is 17.2 Å². The fraction of sp³-hybridized carbons (Fsp3) is 0.188. The van der Waals surface area contributed by atoms with E-state index in [1.54, 1.807) is 4.68 Å². The quantitative estimate of drug-likeness (QED) is 0.786. The third-order valence-electron chi connectivity index (χ3n) is 3.36. The molecule has 3 rings (SSSR count). The molecule has 1 heterocycles. The van der Waals surface area contributed by atoms with Gasteiger partial charge in [0, 0.05) is 6.54 Å². The lowest BCUT2D eigenvalue weighted by Crippen LogP contribution is -2.00. The Labute approximate surface area is 117 Å². The predicted octanol–water partition coefficient (Wildman–Crippen LogP) is 3.74. The summed E-state index contributed by atoms with van der Waals surface area (Å²) in [5, 5.41) is 6.68. The topological polar surface area (TPSA) is 53.1 Å². The lowest BCUT2D eigenvalue weighted by Gasteiger charge is -2.09. The Kier molecular flexibility index (Phi) is 3.06. The number of rotatable bonds is 3. The fourth-order valence-corrected chi connectivity index (χ4v) is 2.24. The Balaban J connectivity index is 2.01. The number of ether oxygens (including phenoxy) is 1. The summed E-state index contributed by atoms with van der Waals surface area (Å²) in [6.45, 7) is 4.62. The Morgan fingerprint density at radius 3 is 2.65 bits per heavy atom. The largest absolute Gasteiger partial charge is 0.437 e. The van der Waals surface area contributed by atoms with Crippen molar-refractivity contribution in [2.75, 3.05) is 5.73 Å². The van der Waals surface area contributed by atoms with Crippen LogP contribution in [0, 0.1) is 6.92 Å². The van der Waals surface area contributed by atoms with E-state index in [9.17, 15) is 0 Å². The molecule has 0 amide bonds. The van der Waals surface area contributed by atoms with Crippen molar-refractivity contribution in [1.29, 1.82) is 0 Å². The van der Waals surface area contributed by atoms with Crippen LogP contribution in [0.4, 0.5) is 5.69 Å². The van der Waals surface area contributed by atoms with Crippen LogP contribution in [0.15, 0.2) is 42.5 Å². The second-order valence-corrected chi connectivity index (χ2v) is 4.73. The summed E-state index contributed by atoms with van der Waals surface area (Å²) in [7, 11) is 0. The van der Waals surface area contributed by atoms with Crippen molar-refractivity contribution in [2.24, 2.45) is 0 Å². The van der Waals surface area contributed by atoms with Gasteiger partial charge in [0.2, 0.25) is 5.88 Å². The van der Waals surface area contributed by atoms with Crippen LogP contribution in [0.1, 0.15) is 12.6 Å². The first-order chi connectivity index (χ1) is 9.69. The fourth-order valence-electron chi connectivity index (χ4n) is 2.24. The molecule has 20 heavy (non-hydrogen) atoms. The Morgan fingerprint density at radius 1 is 1.15 bits per heavy atom. The van der Waals surface area contributed by atoms with Crippen molar-refractivity contribution in [3.8, 4) is 11.6 Å². The molecule has 0 unspecified atom stereocenters. The molecule has 0 aliphatic rings. The second-order valence-electron chi connectivity index (χ2n) is 4.73. The molecule has 0 saturated heterocycles. The average Bonchev–Trinajstić information content (AvgIpc) is 2.75. The molecule has 0 bridgehead atoms. The van der Waals surface area contributed by atoms with Crippen molar-refractivity contribution >= 4 is 16.5 Å². The second kappa shape index (κ2) is 4.89. The summed E-state index contributed by atoms with van der Waals surface area (Å²) in [4.78, 5) is 0. The molecule has 2 N–H and O–H groups in total. The smallest absolute Gasteiger partial charge is 0.241 e. The van der Waals surface area contributed by atoms with Gasteiger partial charge in [0.05, 0.1) is 5.69 Å². The molecule has 2 aromatic carbocycles. The minimum atomic E-state index is 0.597. The molecule has 0 saturated carbocycles. The minimum absolute atomic E-state index is 0.597. The van der Waals surface area contributed by atoms with Gasteiger partial charge in [-0.3, -0.25) is 0 Å². The zero-order valence-electron chi connectivity index (χ0n) is 11.6. The number of anilines is 1. The van der Waals surface area contributed by atoms with E-state index >= 15 is 0 Å². The van der Waals surface area contributed by atoms with Crippen LogP contribution in [0.25, 0.3) is 10.8 Å². The van der Waals surface area contributed by atoms with Crippen LogP contribution >= 0.6 is 0 Å². The third-order valence-corrected chi connectivity index (χ3v) is 3.36. The first kappa shape index (κ1) is 12.5. The standard InChI is InChI=1S/C16H17N3O/c1-3-19-16(15(17)11(2)18-19)20-14-9-8-12-6-4-5-7-13(12)10-14/h4-10H,3,17H2,1-2H3. The van der Waals surface area contributed by atoms with Gasteiger partial charge < -0.3 is 10.5 Å². The number of benzene rings is 2. The zero-order valence-corrected chi connectivity index (χ0v) is 11.6. The Morgan fingerprint density at radius 2 is 1.90 bits per heavy atom. The summed E-state index contributed by atoms with van der Waals surface area (Å²) in [6.07, 6.45) is 0. The van der Waals surface area contributed by atoms with Crippen molar-refractivity contribution in [1.82, 2.24) is 9.78 Å². The highest BCUT2D eigenvalue weighted by Gasteiger charge is 2.13. The Bertz CT molecular complexity index is 762. The number of aryl methyl sites for hydroxylation is 2. The van der Waals surface area contributed by atoms with Crippen LogP contribution in [0.3, 0.4) is 0 Å². The maximum absolute atomic E-state index is 6.03. The summed E-state index contributed by atoms with van der Waals surface area (Å²) in [5.74, 6) is 1.38. The van der Waals surface area contributed by atoms with Gasteiger partial charge in [0.15, 0.2) is 0 Å². The predicted molar refractivity (Wildman–Crippen MR) is 81.1 cm³/mol.